The number of rotatable bonds is 5. The number of nitriles is 1. The maximum Gasteiger partial charge on any atom is 0.417 e. The maximum atomic E-state index is 14.8. The van der Waals surface area contributed by atoms with Crippen LogP contribution >= 0.6 is 0 Å². The normalized spacial score (nSPS) is 24.4. The van der Waals surface area contributed by atoms with E-state index in [9.17, 15) is 37.5 Å². The lowest BCUT2D eigenvalue weighted by Crippen LogP contribution is -2.58. The summed E-state index contributed by atoms with van der Waals surface area (Å²) in [6.07, 6.45) is -5.62. The van der Waals surface area contributed by atoms with Crippen LogP contribution in [0.5, 0.6) is 5.88 Å². The first-order valence-corrected chi connectivity index (χ1v) is 12.0. The quantitative estimate of drug-likeness (QED) is 0.387. The number of anilines is 1. The van der Waals surface area contributed by atoms with Gasteiger partial charge in [-0.05, 0) is 25.0 Å². The zero-order valence-corrected chi connectivity index (χ0v) is 20.8. The largest absolute Gasteiger partial charge is 0.480 e. The number of fused-ring (bicyclic) bond motifs is 1. The van der Waals surface area contributed by atoms with Crippen molar-refractivity contribution in [3.8, 4) is 23.2 Å². The molecule has 210 valence electrons. The zero-order chi connectivity index (χ0) is 29.0. The summed E-state index contributed by atoms with van der Waals surface area (Å²) in [6.45, 7) is -0.705. The van der Waals surface area contributed by atoms with Crippen LogP contribution in [-0.4, -0.2) is 85.6 Å². The molecule has 2 amide bonds. The molecule has 2 atom stereocenters. The van der Waals surface area contributed by atoms with Crippen molar-refractivity contribution in [2.24, 2.45) is 5.92 Å². The molecule has 0 unspecified atom stereocenters. The minimum atomic E-state index is -4.86. The molecule has 1 aliphatic carbocycles. The molecular weight excluding hydrogens is 540 g/mol. The standard InChI is InChI=1S/C24H22F4N8O4/c1-40-21-14(2-12(7-31-21)18-11(6-29)3-17-19(30)32-10-33-36(17)18)20(37)34-16-9-35(8-15(16)25)22(38)13-4-23(39,5-13)24(26,27)28/h2-3,7,10,13,15-16,39H,4-5,8-9H2,1H3,(H,34,37)(H2,30,32,33)/t13?,15-,16-,23?/m0/s1. The highest BCUT2D eigenvalue weighted by Crippen LogP contribution is 2.49. The molecule has 0 aromatic carbocycles. The number of amides is 2. The van der Waals surface area contributed by atoms with Gasteiger partial charge in [-0.25, -0.2) is 18.9 Å². The Morgan fingerprint density at radius 2 is 2.00 bits per heavy atom. The van der Waals surface area contributed by atoms with Gasteiger partial charge in [0.25, 0.3) is 5.91 Å². The molecule has 5 rings (SSSR count). The molecule has 4 heterocycles. The molecule has 2 fully saturated rings. The van der Waals surface area contributed by atoms with Crippen molar-refractivity contribution in [2.45, 2.75) is 36.8 Å². The van der Waals surface area contributed by atoms with Crippen molar-refractivity contribution in [1.29, 1.82) is 5.26 Å². The molecule has 1 saturated heterocycles. The molecule has 0 radical (unpaired) electrons. The molecule has 0 bridgehead atoms. The highest BCUT2D eigenvalue weighted by molar-refractivity contribution is 5.98. The Hall–Kier alpha value is -4.52. The maximum absolute atomic E-state index is 14.8. The van der Waals surface area contributed by atoms with Gasteiger partial charge in [0.15, 0.2) is 11.4 Å². The summed E-state index contributed by atoms with van der Waals surface area (Å²) < 4.78 is 60.2. The number of nitrogens with two attached hydrogens (primary N) is 1. The fraction of sp³-hybridized carbons (Fsp3) is 0.417. The van der Waals surface area contributed by atoms with Crippen LogP contribution in [0.1, 0.15) is 28.8 Å². The van der Waals surface area contributed by atoms with Crippen LogP contribution in [0.3, 0.4) is 0 Å². The first-order chi connectivity index (χ1) is 18.9. The van der Waals surface area contributed by atoms with E-state index < -0.39 is 61.1 Å². The van der Waals surface area contributed by atoms with Crippen molar-refractivity contribution in [1.82, 2.24) is 29.8 Å². The first-order valence-electron chi connectivity index (χ1n) is 12.0. The van der Waals surface area contributed by atoms with Gasteiger partial charge < -0.3 is 25.8 Å². The second-order valence-corrected chi connectivity index (χ2v) is 9.72. The molecule has 4 N–H and O–H groups in total. The average molecular weight is 562 g/mol. The van der Waals surface area contributed by atoms with E-state index in [1.54, 1.807) is 0 Å². The molecule has 1 aliphatic heterocycles. The van der Waals surface area contributed by atoms with E-state index in [0.29, 0.717) is 11.1 Å². The third-order valence-corrected chi connectivity index (χ3v) is 7.21. The number of aromatic nitrogens is 4. The number of nitrogens with one attached hydrogen (secondary N) is 1. The van der Waals surface area contributed by atoms with Gasteiger partial charge in [-0.1, -0.05) is 0 Å². The highest BCUT2D eigenvalue weighted by atomic mass is 19.4. The molecule has 3 aromatic heterocycles. The Balaban J connectivity index is 1.35. The molecule has 1 saturated carbocycles. The van der Waals surface area contributed by atoms with Crippen LogP contribution in [0.25, 0.3) is 16.8 Å². The molecule has 2 aliphatic rings. The Morgan fingerprint density at radius 1 is 1.27 bits per heavy atom. The molecule has 16 heteroatoms. The predicted molar refractivity (Wildman–Crippen MR) is 128 cm³/mol. The van der Waals surface area contributed by atoms with Crippen LogP contribution in [0.4, 0.5) is 23.4 Å². The summed E-state index contributed by atoms with van der Waals surface area (Å²) >= 11 is 0. The third-order valence-electron chi connectivity index (χ3n) is 7.21. The van der Waals surface area contributed by atoms with Gasteiger partial charge in [-0.3, -0.25) is 9.59 Å². The summed E-state index contributed by atoms with van der Waals surface area (Å²) in [5.41, 5.74) is 3.95. The van der Waals surface area contributed by atoms with Crippen LogP contribution in [-0.2, 0) is 4.79 Å². The summed E-state index contributed by atoms with van der Waals surface area (Å²) in [4.78, 5) is 34.9. The topological polar surface area (TPSA) is 172 Å². The number of pyridine rings is 1. The van der Waals surface area contributed by atoms with E-state index in [1.165, 1.54) is 36.3 Å². The molecule has 3 aromatic rings. The van der Waals surface area contributed by atoms with Crippen LogP contribution in [0.2, 0.25) is 0 Å². The van der Waals surface area contributed by atoms with Crippen LogP contribution in [0.15, 0.2) is 24.7 Å². The van der Waals surface area contributed by atoms with E-state index >= 15 is 0 Å². The molecular formula is C24H22F4N8O4. The van der Waals surface area contributed by atoms with Gasteiger partial charge in [0.05, 0.1) is 31.0 Å². The Labute approximate surface area is 223 Å². The summed E-state index contributed by atoms with van der Waals surface area (Å²) in [5.74, 6) is -2.59. The molecule has 0 spiro atoms. The van der Waals surface area contributed by atoms with E-state index in [2.05, 4.69) is 20.4 Å². The number of nitrogens with zero attached hydrogens (tertiary/aromatic N) is 6. The number of halogens is 4. The van der Waals surface area contributed by atoms with Crippen molar-refractivity contribution in [2.75, 3.05) is 25.9 Å². The lowest BCUT2D eigenvalue weighted by atomic mass is 9.70. The van der Waals surface area contributed by atoms with Crippen molar-refractivity contribution >= 4 is 23.1 Å². The van der Waals surface area contributed by atoms with Crippen molar-refractivity contribution < 1.29 is 37.0 Å². The molecule has 40 heavy (non-hydrogen) atoms. The second kappa shape index (κ2) is 9.59. The summed E-state index contributed by atoms with van der Waals surface area (Å²) in [7, 11) is 1.27. The fourth-order valence-corrected chi connectivity index (χ4v) is 5.03. The number of ether oxygens (including phenoxy) is 1. The Bertz CT molecular complexity index is 1550. The number of carbonyl (C=O) groups is 2. The van der Waals surface area contributed by atoms with Gasteiger partial charge in [-0.2, -0.15) is 23.5 Å². The van der Waals surface area contributed by atoms with Crippen LogP contribution < -0.4 is 15.8 Å². The van der Waals surface area contributed by atoms with Gasteiger partial charge in [0, 0.05) is 24.2 Å². The highest BCUT2D eigenvalue weighted by Gasteiger charge is 2.63. The lowest BCUT2D eigenvalue weighted by Gasteiger charge is -2.44. The number of hydrogen-bond acceptors (Lipinski definition) is 9. The van der Waals surface area contributed by atoms with E-state index in [4.69, 9.17) is 10.5 Å². The van der Waals surface area contributed by atoms with Gasteiger partial charge in [0.1, 0.15) is 29.6 Å². The number of alkyl halides is 4. The third kappa shape index (κ3) is 4.41. The van der Waals surface area contributed by atoms with Gasteiger partial charge in [-0.15, -0.1) is 0 Å². The molecule has 12 nitrogen and oxygen atoms in total. The van der Waals surface area contributed by atoms with E-state index in [-0.39, 0.29) is 35.1 Å². The van der Waals surface area contributed by atoms with Crippen molar-refractivity contribution in [3.05, 3.63) is 35.8 Å². The fourth-order valence-electron chi connectivity index (χ4n) is 5.03. The van der Waals surface area contributed by atoms with Gasteiger partial charge in [0.2, 0.25) is 11.8 Å². The smallest absolute Gasteiger partial charge is 0.417 e. The predicted octanol–water partition coefficient (Wildman–Crippen LogP) is 1.24. The summed E-state index contributed by atoms with van der Waals surface area (Å²) in [6, 6.07) is 3.72. The number of carbonyl (C=O) groups excluding carboxylic acids is 2. The van der Waals surface area contributed by atoms with Crippen molar-refractivity contribution in [3.63, 3.8) is 0 Å². The Kier molecular flexibility index (Phi) is 6.49. The number of likely N-dealkylation sites (tertiary alicyclic amines) is 1. The SMILES string of the molecule is COc1ncc(-c2c(C#N)cc3c(N)ncnn23)cc1C(=O)N[C@H]1CN(C(=O)C2CC(O)(C(F)(F)F)C2)C[C@@H]1F. The Morgan fingerprint density at radius 3 is 2.65 bits per heavy atom. The number of methoxy groups -OCH3 is 1. The van der Waals surface area contributed by atoms with Crippen LogP contribution in [0, 0.1) is 17.2 Å². The van der Waals surface area contributed by atoms with Gasteiger partial charge >= 0.3 is 6.18 Å². The first kappa shape index (κ1) is 27.1. The lowest BCUT2D eigenvalue weighted by molar-refractivity contribution is -0.296. The zero-order valence-electron chi connectivity index (χ0n) is 20.8. The second-order valence-electron chi connectivity index (χ2n) is 9.72. The monoisotopic (exact) mass is 562 g/mol. The average Bonchev–Trinajstić information content (AvgIpc) is 3.46. The summed E-state index contributed by atoms with van der Waals surface area (Å²) in [5, 5.41) is 25.9. The number of hydrogen-bond donors (Lipinski definition) is 3. The van der Waals surface area contributed by atoms with E-state index in [1.807, 2.05) is 6.07 Å². The number of aliphatic hydroxyl groups is 1. The van der Waals surface area contributed by atoms with E-state index in [0.717, 1.165) is 4.90 Å². The minimum absolute atomic E-state index is 0.1000. The minimum Gasteiger partial charge on any atom is -0.480 e. The number of nitrogen functional groups attached to an aromatic ring is 1.